The predicted molar refractivity (Wildman–Crippen MR) is 66.3 cm³/mol. The molecular formula is C14H20FNO. The molecule has 0 amide bonds. The third-order valence-electron chi connectivity index (χ3n) is 3.67. The summed E-state index contributed by atoms with van der Waals surface area (Å²) in [7, 11) is 0. The van der Waals surface area contributed by atoms with E-state index in [1.54, 1.807) is 12.1 Å². The van der Waals surface area contributed by atoms with Crippen molar-refractivity contribution in [3.8, 4) is 5.75 Å². The van der Waals surface area contributed by atoms with Crippen molar-refractivity contribution in [1.29, 1.82) is 0 Å². The van der Waals surface area contributed by atoms with E-state index in [0.29, 0.717) is 18.2 Å². The summed E-state index contributed by atoms with van der Waals surface area (Å²) in [5.74, 6) is 0.0707. The molecule has 2 rings (SSSR count). The molecule has 1 aliphatic rings. The first kappa shape index (κ1) is 12.4. The van der Waals surface area contributed by atoms with Crippen LogP contribution < -0.4 is 5.32 Å². The van der Waals surface area contributed by atoms with Crippen molar-refractivity contribution in [2.24, 2.45) is 5.92 Å². The van der Waals surface area contributed by atoms with Gasteiger partial charge in [-0.2, -0.15) is 0 Å². The zero-order valence-corrected chi connectivity index (χ0v) is 10.2. The van der Waals surface area contributed by atoms with Gasteiger partial charge in [0.05, 0.1) is 0 Å². The first-order chi connectivity index (χ1) is 8.16. The Balaban J connectivity index is 1.87. The molecule has 2 N–H and O–H groups in total. The molecule has 0 radical (unpaired) electrons. The van der Waals surface area contributed by atoms with Crippen molar-refractivity contribution in [2.75, 3.05) is 0 Å². The van der Waals surface area contributed by atoms with Crippen LogP contribution in [0.3, 0.4) is 0 Å². The van der Waals surface area contributed by atoms with Gasteiger partial charge in [-0.05, 0) is 37.7 Å². The molecule has 0 aliphatic heterocycles. The van der Waals surface area contributed by atoms with Gasteiger partial charge in [0.25, 0.3) is 0 Å². The van der Waals surface area contributed by atoms with Crippen LogP contribution in [-0.4, -0.2) is 11.1 Å². The molecule has 0 atom stereocenters. The topological polar surface area (TPSA) is 32.3 Å². The molecule has 1 aliphatic carbocycles. The molecule has 1 aromatic carbocycles. The lowest BCUT2D eigenvalue weighted by Crippen LogP contribution is -2.32. The summed E-state index contributed by atoms with van der Waals surface area (Å²) in [4.78, 5) is 0. The second kappa shape index (κ2) is 5.50. The number of benzene rings is 1. The smallest absolute Gasteiger partial charge is 0.165 e. The van der Waals surface area contributed by atoms with E-state index in [1.165, 1.54) is 31.7 Å². The Kier molecular flexibility index (Phi) is 4.00. The summed E-state index contributed by atoms with van der Waals surface area (Å²) < 4.78 is 13.1. The normalized spacial score (nSPS) is 24.8. The van der Waals surface area contributed by atoms with E-state index in [0.717, 1.165) is 5.92 Å². The molecule has 0 bridgehead atoms. The highest BCUT2D eigenvalue weighted by molar-refractivity contribution is 5.33. The molecule has 17 heavy (non-hydrogen) atoms. The van der Waals surface area contributed by atoms with Gasteiger partial charge in [-0.1, -0.05) is 19.1 Å². The summed E-state index contributed by atoms with van der Waals surface area (Å²) in [6, 6.07) is 5.18. The van der Waals surface area contributed by atoms with Crippen molar-refractivity contribution >= 4 is 0 Å². The maximum Gasteiger partial charge on any atom is 0.165 e. The first-order valence-corrected chi connectivity index (χ1v) is 6.36. The second-order valence-electron chi connectivity index (χ2n) is 5.09. The molecule has 0 saturated heterocycles. The Hall–Kier alpha value is -1.09. The van der Waals surface area contributed by atoms with Crippen LogP contribution in [-0.2, 0) is 6.54 Å². The fraction of sp³-hybridized carbons (Fsp3) is 0.571. The number of aromatic hydroxyl groups is 1. The standard InChI is InChI=1S/C14H20FNO/c1-10-5-7-12(8-6-10)16-9-11-3-2-4-13(15)14(11)17/h2-4,10,12,16-17H,5-9H2,1H3. The summed E-state index contributed by atoms with van der Waals surface area (Å²) in [5.41, 5.74) is 0.642. The van der Waals surface area contributed by atoms with Crippen molar-refractivity contribution in [1.82, 2.24) is 5.32 Å². The fourth-order valence-corrected chi connectivity index (χ4v) is 2.42. The molecule has 0 unspecified atom stereocenters. The molecule has 0 spiro atoms. The van der Waals surface area contributed by atoms with Gasteiger partial charge >= 0.3 is 0 Å². The Morgan fingerprint density at radius 1 is 1.29 bits per heavy atom. The number of phenolic OH excluding ortho intramolecular Hbond substituents is 1. The number of halogens is 1. The minimum Gasteiger partial charge on any atom is -0.505 e. The van der Waals surface area contributed by atoms with Crippen LogP contribution in [0.15, 0.2) is 18.2 Å². The summed E-state index contributed by atoms with van der Waals surface area (Å²) in [6.45, 7) is 2.83. The molecule has 1 saturated carbocycles. The Labute approximate surface area is 102 Å². The van der Waals surface area contributed by atoms with Gasteiger partial charge in [-0.3, -0.25) is 0 Å². The van der Waals surface area contributed by atoms with Gasteiger partial charge < -0.3 is 10.4 Å². The van der Waals surface area contributed by atoms with E-state index in [9.17, 15) is 9.50 Å². The molecule has 3 heteroatoms. The number of nitrogens with one attached hydrogen (secondary N) is 1. The van der Waals surface area contributed by atoms with E-state index < -0.39 is 5.82 Å². The highest BCUT2D eigenvalue weighted by atomic mass is 19.1. The lowest BCUT2D eigenvalue weighted by molar-refractivity contribution is 0.305. The van der Waals surface area contributed by atoms with Crippen LogP contribution in [0.4, 0.5) is 4.39 Å². The Bertz CT molecular complexity index is 372. The third kappa shape index (κ3) is 3.19. The van der Waals surface area contributed by atoms with Crippen LogP contribution in [0.5, 0.6) is 5.75 Å². The lowest BCUT2D eigenvalue weighted by Gasteiger charge is -2.27. The van der Waals surface area contributed by atoms with E-state index in [1.807, 2.05) is 0 Å². The van der Waals surface area contributed by atoms with E-state index in [-0.39, 0.29) is 5.75 Å². The third-order valence-corrected chi connectivity index (χ3v) is 3.67. The average Bonchev–Trinajstić information content (AvgIpc) is 2.33. The zero-order chi connectivity index (χ0) is 12.3. The molecule has 0 aromatic heterocycles. The molecular weight excluding hydrogens is 217 g/mol. The van der Waals surface area contributed by atoms with Crippen LogP contribution in [0.25, 0.3) is 0 Å². The van der Waals surface area contributed by atoms with E-state index in [2.05, 4.69) is 12.2 Å². The van der Waals surface area contributed by atoms with E-state index >= 15 is 0 Å². The Morgan fingerprint density at radius 2 is 2.00 bits per heavy atom. The van der Waals surface area contributed by atoms with Crippen molar-refractivity contribution < 1.29 is 9.50 Å². The number of rotatable bonds is 3. The van der Waals surface area contributed by atoms with Gasteiger partial charge in [0.2, 0.25) is 0 Å². The van der Waals surface area contributed by atoms with Crippen LogP contribution in [0.1, 0.15) is 38.2 Å². The quantitative estimate of drug-likeness (QED) is 0.846. The lowest BCUT2D eigenvalue weighted by atomic mass is 9.87. The summed E-state index contributed by atoms with van der Waals surface area (Å²) in [5, 5.41) is 13.0. The maximum absolute atomic E-state index is 13.1. The predicted octanol–water partition coefficient (Wildman–Crippen LogP) is 3.20. The molecule has 0 heterocycles. The second-order valence-corrected chi connectivity index (χ2v) is 5.09. The van der Waals surface area contributed by atoms with Gasteiger partial charge in [0.1, 0.15) is 0 Å². The van der Waals surface area contributed by atoms with Gasteiger partial charge in [-0.15, -0.1) is 0 Å². The summed E-state index contributed by atoms with van der Waals surface area (Å²) >= 11 is 0. The Morgan fingerprint density at radius 3 is 2.71 bits per heavy atom. The van der Waals surface area contributed by atoms with Gasteiger partial charge in [-0.25, -0.2) is 4.39 Å². The molecule has 2 nitrogen and oxygen atoms in total. The van der Waals surface area contributed by atoms with Gasteiger partial charge in [0, 0.05) is 18.2 Å². The largest absolute Gasteiger partial charge is 0.505 e. The van der Waals surface area contributed by atoms with Crippen molar-refractivity contribution in [2.45, 2.75) is 45.2 Å². The number of hydrogen-bond acceptors (Lipinski definition) is 2. The minimum atomic E-state index is -0.540. The average molecular weight is 237 g/mol. The maximum atomic E-state index is 13.1. The number of hydrogen-bond donors (Lipinski definition) is 2. The van der Waals surface area contributed by atoms with Crippen molar-refractivity contribution in [3.63, 3.8) is 0 Å². The molecule has 1 aromatic rings. The SMILES string of the molecule is CC1CCC(NCc2cccc(F)c2O)CC1. The van der Waals surface area contributed by atoms with Crippen LogP contribution in [0, 0.1) is 11.7 Å². The zero-order valence-electron chi connectivity index (χ0n) is 10.2. The van der Waals surface area contributed by atoms with Crippen molar-refractivity contribution in [3.05, 3.63) is 29.6 Å². The van der Waals surface area contributed by atoms with Gasteiger partial charge in [0.15, 0.2) is 11.6 Å². The molecule has 94 valence electrons. The monoisotopic (exact) mass is 237 g/mol. The highest BCUT2D eigenvalue weighted by Gasteiger charge is 2.18. The summed E-state index contributed by atoms with van der Waals surface area (Å²) in [6.07, 6.45) is 4.87. The van der Waals surface area contributed by atoms with Crippen LogP contribution >= 0.6 is 0 Å². The fourth-order valence-electron chi connectivity index (χ4n) is 2.42. The first-order valence-electron chi connectivity index (χ1n) is 6.36. The molecule has 1 fully saturated rings. The number of phenols is 1. The minimum absolute atomic E-state index is 0.218. The highest BCUT2D eigenvalue weighted by Crippen LogP contribution is 2.25. The number of para-hydroxylation sites is 1. The van der Waals surface area contributed by atoms with E-state index in [4.69, 9.17) is 0 Å². The van der Waals surface area contributed by atoms with Crippen LogP contribution in [0.2, 0.25) is 0 Å².